The Morgan fingerprint density at radius 2 is 1.97 bits per heavy atom. The third-order valence-corrected chi connectivity index (χ3v) is 7.83. The van der Waals surface area contributed by atoms with Crippen LogP contribution in [-0.2, 0) is 28.1 Å². The second-order valence-electron chi connectivity index (χ2n) is 9.61. The van der Waals surface area contributed by atoms with Gasteiger partial charge in [0.15, 0.2) is 6.23 Å². The molecule has 6 atom stereocenters. The zero-order chi connectivity index (χ0) is 27.5. The van der Waals surface area contributed by atoms with Crippen LogP contribution in [-0.4, -0.2) is 64.3 Å². The highest BCUT2D eigenvalue weighted by Crippen LogP contribution is 2.50. The van der Waals surface area contributed by atoms with E-state index in [4.69, 9.17) is 23.3 Å². The number of para-hydroxylation sites is 1. The van der Waals surface area contributed by atoms with Crippen molar-refractivity contribution < 1.29 is 37.7 Å². The number of aliphatic hydroxyl groups excluding tert-OH is 1. The molecule has 1 aromatic heterocycles. The third-order valence-electron chi connectivity index (χ3n) is 6.18. The molecule has 208 valence electrons. The van der Waals surface area contributed by atoms with Gasteiger partial charge in [0.25, 0.3) is 5.56 Å². The molecule has 0 radical (unpaired) electrons. The van der Waals surface area contributed by atoms with E-state index in [9.17, 15) is 24.1 Å². The molecule has 2 fully saturated rings. The minimum absolute atomic E-state index is 0.111. The lowest BCUT2D eigenvalue weighted by Gasteiger charge is -2.44. The maximum atomic E-state index is 13.8. The van der Waals surface area contributed by atoms with Gasteiger partial charge in [-0.25, -0.2) is 9.36 Å². The van der Waals surface area contributed by atoms with Crippen LogP contribution in [0.4, 0.5) is 0 Å². The highest BCUT2D eigenvalue weighted by molar-refractivity contribution is 7.52. The molecule has 0 amide bonds. The SMILES string of the molecule is CC(C)COC(=O)[C@H](C)NP(=O)(OC[C@H]1O[C@@H](n2ccc(=O)[nH]c2=O)[C@@]2(CCO2)[C@@H]1O)Oc1ccccc1. The number of carbonyl (C=O) groups is 1. The first kappa shape index (κ1) is 28.2. The topological polar surface area (TPSA) is 167 Å². The first-order valence-corrected chi connectivity index (χ1v) is 13.8. The van der Waals surface area contributed by atoms with Gasteiger partial charge >= 0.3 is 19.4 Å². The standard InChI is InChI=1S/C24H32N3O10P/c1-15(2)13-33-21(30)16(3)26-38(32,37-17-7-5-4-6-8-17)35-14-18-20(29)24(10-12-34-24)22(36-18)27-11-9-19(28)25-23(27)31/h4-9,11,15-16,18,20,22,29H,10,12-14H2,1-3H3,(H,26,32)(H,25,28,31)/t16-,18+,20+,22+,24+,38?/m0/s1. The van der Waals surface area contributed by atoms with Gasteiger partial charge in [0.1, 0.15) is 29.6 Å². The van der Waals surface area contributed by atoms with Crippen molar-refractivity contribution in [3.05, 3.63) is 63.4 Å². The van der Waals surface area contributed by atoms with Gasteiger partial charge in [-0.2, -0.15) is 5.09 Å². The molecule has 2 aromatic rings. The molecule has 4 rings (SSSR count). The number of nitrogens with one attached hydrogen (secondary N) is 2. The van der Waals surface area contributed by atoms with E-state index in [0.29, 0.717) is 13.0 Å². The summed E-state index contributed by atoms with van der Waals surface area (Å²) in [6.07, 6.45) is -1.80. The minimum Gasteiger partial charge on any atom is -0.464 e. The van der Waals surface area contributed by atoms with Crippen molar-refractivity contribution in [1.29, 1.82) is 0 Å². The van der Waals surface area contributed by atoms with Crippen LogP contribution in [0.3, 0.4) is 0 Å². The Bertz CT molecular complexity index is 1280. The van der Waals surface area contributed by atoms with E-state index in [1.54, 1.807) is 30.3 Å². The molecule has 2 aliphatic heterocycles. The van der Waals surface area contributed by atoms with Crippen molar-refractivity contribution in [2.75, 3.05) is 19.8 Å². The van der Waals surface area contributed by atoms with Crippen LogP contribution >= 0.6 is 7.75 Å². The Morgan fingerprint density at radius 3 is 2.58 bits per heavy atom. The van der Waals surface area contributed by atoms with E-state index in [0.717, 1.165) is 10.6 Å². The number of carbonyl (C=O) groups excluding carboxylic acids is 1. The van der Waals surface area contributed by atoms with Crippen LogP contribution < -0.4 is 20.9 Å². The molecule has 1 unspecified atom stereocenters. The quantitative estimate of drug-likeness (QED) is 0.271. The molecule has 1 spiro atoms. The van der Waals surface area contributed by atoms with Crippen molar-refractivity contribution in [3.63, 3.8) is 0 Å². The highest BCUT2D eigenvalue weighted by Gasteiger charge is 2.62. The van der Waals surface area contributed by atoms with E-state index >= 15 is 0 Å². The molecule has 0 saturated carbocycles. The minimum atomic E-state index is -4.22. The zero-order valence-corrected chi connectivity index (χ0v) is 22.2. The molecule has 13 nitrogen and oxygen atoms in total. The predicted octanol–water partition coefficient (Wildman–Crippen LogP) is 1.34. The molecule has 14 heteroatoms. The second kappa shape index (κ2) is 11.5. The number of rotatable bonds is 11. The van der Waals surface area contributed by atoms with Gasteiger partial charge in [-0.3, -0.25) is 23.7 Å². The van der Waals surface area contributed by atoms with Gasteiger partial charge in [0, 0.05) is 18.7 Å². The molecule has 1 aromatic carbocycles. The number of esters is 1. The first-order chi connectivity index (χ1) is 18.0. The molecular weight excluding hydrogens is 521 g/mol. The smallest absolute Gasteiger partial charge is 0.459 e. The van der Waals surface area contributed by atoms with Crippen molar-refractivity contribution in [2.45, 2.75) is 57.3 Å². The predicted molar refractivity (Wildman–Crippen MR) is 134 cm³/mol. The summed E-state index contributed by atoms with van der Waals surface area (Å²) in [5.41, 5.74) is -2.58. The number of aromatic nitrogens is 2. The highest BCUT2D eigenvalue weighted by atomic mass is 31.2. The van der Waals surface area contributed by atoms with Crippen molar-refractivity contribution in [3.8, 4) is 5.75 Å². The van der Waals surface area contributed by atoms with Crippen molar-refractivity contribution in [2.24, 2.45) is 5.92 Å². The summed E-state index contributed by atoms with van der Waals surface area (Å²) in [5, 5.41) is 13.7. The van der Waals surface area contributed by atoms with Crippen molar-refractivity contribution in [1.82, 2.24) is 14.6 Å². The van der Waals surface area contributed by atoms with E-state index in [1.807, 2.05) is 13.8 Å². The Balaban J connectivity index is 1.52. The summed E-state index contributed by atoms with van der Waals surface area (Å²) in [7, 11) is -4.22. The van der Waals surface area contributed by atoms with Gasteiger partial charge in [0.2, 0.25) is 0 Å². The summed E-state index contributed by atoms with van der Waals surface area (Å²) in [6, 6.07) is 8.33. The maximum Gasteiger partial charge on any atom is 0.459 e. The Labute approximate surface area is 218 Å². The number of aromatic amines is 1. The first-order valence-electron chi connectivity index (χ1n) is 12.3. The monoisotopic (exact) mass is 553 g/mol. The van der Waals surface area contributed by atoms with Crippen LogP contribution in [0.1, 0.15) is 33.4 Å². The lowest BCUT2D eigenvalue weighted by molar-refractivity contribution is -0.227. The molecule has 3 heterocycles. The molecule has 0 aliphatic carbocycles. The molecule has 2 saturated heterocycles. The largest absolute Gasteiger partial charge is 0.464 e. The lowest BCUT2D eigenvalue weighted by Crippen LogP contribution is -2.57. The summed E-state index contributed by atoms with van der Waals surface area (Å²) >= 11 is 0. The van der Waals surface area contributed by atoms with E-state index in [1.165, 1.54) is 13.1 Å². The van der Waals surface area contributed by atoms with Crippen LogP contribution in [0.25, 0.3) is 0 Å². The molecule has 0 bridgehead atoms. The molecule has 38 heavy (non-hydrogen) atoms. The zero-order valence-electron chi connectivity index (χ0n) is 21.3. The Hall–Kier alpha value is -2.80. The fourth-order valence-corrected chi connectivity index (χ4v) is 5.67. The van der Waals surface area contributed by atoms with Crippen LogP contribution in [0.15, 0.2) is 52.2 Å². The Kier molecular flexibility index (Phi) is 8.55. The summed E-state index contributed by atoms with van der Waals surface area (Å²) < 4.78 is 43.0. The van der Waals surface area contributed by atoms with Gasteiger partial charge in [-0.15, -0.1) is 0 Å². The van der Waals surface area contributed by atoms with Gasteiger partial charge in [-0.05, 0) is 25.0 Å². The lowest BCUT2D eigenvalue weighted by atomic mass is 9.86. The normalized spacial score (nSPS) is 27.0. The number of aliphatic hydroxyl groups is 1. The van der Waals surface area contributed by atoms with E-state index in [-0.39, 0.29) is 18.3 Å². The van der Waals surface area contributed by atoms with E-state index in [2.05, 4.69) is 10.1 Å². The van der Waals surface area contributed by atoms with Crippen molar-refractivity contribution >= 4 is 13.7 Å². The maximum absolute atomic E-state index is 13.8. The summed E-state index contributed by atoms with van der Waals surface area (Å²) in [6.45, 7) is 5.31. The molecule has 2 aliphatic rings. The Morgan fingerprint density at radius 1 is 1.26 bits per heavy atom. The van der Waals surface area contributed by atoms with Crippen LogP contribution in [0.5, 0.6) is 5.75 Å². The van der Waals surface area contributed by atoms with Crippen LogP contribution in [0, 0.1) is 5.92 Å². The summed E-state index contributed by atoms with van der Waals surface area (Å²) in [5.74, 6) is -0.314. The number of hydrogen-bond acceptors (Lipinski definition) is 10. The fraction of sp³-hybridized carbons (Fsp3) is 0.542. The third kappa shape index (κ3) is 6.09. The number of benzene rings is 1. The summed E-state index contributed by atoms with van der Waals surface area (Å²) in [4.78, 5) is 38.5. The second-order valence-corrected chi connectivity index (χ2v) is 11.3. The number of nitrogens with zero attached hydrogens (tertiary/aromatic N) is 1. The van der Waals surface area contributed by atoms with Crippen LogP contribution in [0.2, 0.25) is 0 Å². The fourth-order valence-electron chi connectivity index (χ4n) is 4.17. The number of H-pyrrole nitrogens is 1. The van der Waals surface area contributed by atoms with Gasteiger partial charge in [-0.1, -0.05) is 32.0 Å². The number of hydrogen-bond donors (Lipinski definition) is 3. The average Bonchev–Trinajstić information content (AvgIpc) is 3.14. The average molecular weight is 554 g/mol. The van der Waals surface area contributed by atoms with Gasteiger partial charge in [0.05, 0.1) is 19.8 Å². The number of ether oxygens (including phenoxy) is 3. The van der Waals surface area contributed by atoms with E-state index < -0.39 is 61.7 Å². The van der Waals surface area contributed by atoms with Gasteiger partial charge < -0.3 is 23.8 Å². The molecule has 3 N–H and O–H groups in total. The molecular formula is C24H32N3O10P.